The third-order valence-electron chi connectivity index (χ3n) is 2.55. The summed E-state index contributed by atoms with van der Waals surface area (Å²) in [5, 5.41) is 2.75. The van der Waals surface area contributed by atoms with E-state index in [4.69, 9.17) is 5.73 Å². The van der Waals surface area contributed by atoms with Crippen molar-refractivity contribution in [2.75, 3.05) is 30.8 Å². The number of amides is 1. The van der Waals surface area contributed by atoms with E-state index in [0.717, 1.165) is 0 Å². The molecule has 1 heterocycles. The van der Waals surface area contributed by atoms with Gasteiger partial charge in [0.1, 0.15) is 17.5 Å². The molecule has 0 saturated heterocycles. The number of hydrogen-bond acceptors (Lipinski definition) is 5. The Morgan fingerprint density at radius 2 is 2.05 bits per heavy atom. The van der Waals surface area contributed by atoms with Gasteiger partial charge in [-0.1, -0.05) is 20.8 Å². The molecule has 0 aliphatic carbocycles. The molecule has 0 fully saturated rings. The van der Waals surface area contributed by atoms with Crippen LogP contribution in [0.5, 0.6) is 0 Å². The molecule has 0 saturated carbocycles. The summed E-state index contributed by atoms with van der Waals surface area (Å²) in [4.78, 5) is 22.0. The number of likely N-dealkylation sites (N-methyl/N-ethyl adjacent to an activating group) is 2. The lowest BCUT2D eigenvalue weighted by atomic mass is 9.96. The maximum atomic E-state index is 11.6. The number of nitrogens with zero attached hydrogens (tertiary/aromatic N) is 3. The van der Waals surface area contributed by atoms with Crippen molar-refractivity contribution in [2.24, 2.45) is 0 Å². The predicted molar refractivity (Wildman–Crippen MR) is 77.1 cm³/mol. The van der Waals surface area contributed by atoms with Gasteiger partial charge in [0.25, 0.3) is 0 Å². The smallest absolute Gasteiger partial charge is 0.239 e. The fourth-order valence-electron chi connectivity index (χ4n) is 1.53. The number of rotatable bonds is 4. The monoisotopic (exact) mass is 265 g/mol. The van der Waals surface area contributed by atoms with Gasteiger partial charge in [-0.2, -0.15) is 0 Å². The summed E-state index contributed by atoms with van der Waals surface area (Å²) in [5.74, 6) is 1.70. The van der Waals surface area contributed by atoms with Crippen LogP contribution in [0.4, 0.5) is 11.6 Å². The number of nitrogens with one attached hydrogen (secondary N) is 1. The summed E-state index contributed by atoms with van der Waals surface area (Å²) < 4.78 is 0. The Morgan fingerprint density at radius 1 is 1.42 bits per heavy atom. The van der Waals surface area contributed by atoms with Gasteiger partial charge in [-0.05, 0) is 6.92 Å². The highest BCUT2D eigenvalue weighted by molar-refractivity contribution is 5.80. The normalized spacial score (nSPS) is 11.2. The SMILES string of the molecule is CCNC(=O)CN(C)c1cc(N)nc(C(C)(C)C)n1. The molecule has 0 bridgehead atoms. The lowest BCUT2D eigenvalue weighted by Gasteiger charge is -2.22. The Labute approximate surface area is 114 Å². The van der Waals surface area contributed by atoms with Crippen LogP contribution in [-0.2, 0) is 10.2 Å². The average molecular weight is 265 g/mol. The Hall–Kier alpha value is -1.85. The maximum absolute atomic E-state index is 11.6. The number of nitrogens with two attached hydrogens (primary N) is 1. The molecule has 3 N–H and O–H groups in total. The van der Waals surface area contributed by atoms with Crippen molar-refractivity contribution < 1.29 is 4.79 Å². The van der Waals surface area contributed by atoms with Crippen LogP contribution in [0.25, 0.3) is 0 Å². The molecule has 1 amide bonds. The maximum Gasteiger partial charge on any atom is 0.239 e. The van der Waals surface area contributed by atoms with E-state index in [0.29, 0.717) is 24.0 Å². The first kappa shape index (κ1) is 15.2. The summed E-state index contributed by atoms with van der Waals surface area (Å²) in [6.45, 7) is 8.82. The first-order valence-corrected chi connectivity index (χ1v) is 6.37. The van der Waals surface area contributed by atoms with Crippen molar-refractivity contribution in [3.8, 4) is 0 Å². The highest BCUT2D eigenvalue weighted by Crippen LogP contribution is 2.22. The first-order chi connectivity index (χ1) is 8.74. The molecular formula is C13H23N5O. The zero-order valence-electron chi connectivity index (χ0n) is 12.3. The van der Waals surface area contributed by atoms with E-state index in [-0.39, 0.29) is 17.9 Å². The molecule has 0 radical (unpaired) electrons. The molecule has 0 unspecified atom stereocenters. The van der Waals surface area contributed by atoms with Gasteiger partial charge >= 0.3 is 0 Å². The number of carbonyl (C=O) groups is 1. The third kappa shape index (κ3) is 4.39. The molecule has 0 spiro atoms. The minimum Gasteiger partial charge on any atom is -0.384 e. The van der Waals surface area contributed by atoms with Crippen LogP contribution in [0.1, 0.15) is 33.5 Å². The Morgan fingerprint density at radius 3 is 2.58 bits per heavy atom. The highest BCUT2D eigenvalue weighted by atomic mass is 16.2. The summed E-state index contributed by atoms with van der Waals surface area (Å²) in [5.41, 5.74) is 5.62. The molecular weight excluding hydrogens is 242 g/mol. The zero-order valence-corrected chi connectivity index (χ0v) is 12.3. The molecule has 1 aromatic rings. The van der Waals surface area contributed by atoms with Gasteiger partial charge in [0.15, 0.2) is 0 Å². The molecule has 0 atom stereocenters. The molecule has 0 aromatic carbocycles. The van der Waals surface area contributed by atoms with Crippen LogP contribution in [0.2, 0.25) is 0 Å². The lowest BCUT2D eigenvalue weighted by molar-refractivity contribution is -0.119. The van der Waals surface area contributed by atoms with Crippen LogP contribution in [0, 0.1) is 0 Å². The summed E-state index contributed by atoms with van der Waals surface area (Å²) in [6.07, 6.45) is 0. The van der Waals surface area contributed by atoms with E-state index >= 15 is 0 Å². The standard InChI is InChI=1S/C13H23N5O/c1-6-15-11(19)8-18(5)10-7-9(14)16-12(17-10)13(2,3)4/h7H,6,8H2,1-5H3,(H,15,19)(H2,14,16,17). The Bertz CT molecular complexity index is 453. The molecule has 0 aliphatic rings. The fraction of sp³-hybridized carbons (Fsp3) is 0.615. The Balaban J connectivity index is 2.94. The van der Waals surface area contributed by atoms with Crippen molar-refractivity contribution >= 4 is 17.5 Å². The number of carbonyl (C=O) groups excluding carboxylic acids is 1. The van der Waals surface area contributed by atoms with Gasteiger partial charge in [-0.3, -0.25) is 4.79 Å². The van der Waals surface area contributed by atoms with Crippen molar-refractivity contribution in [1.82, 2.24) is 15.3 Å². The van der Waals surface area contributed by atoms with Crippen molar-refractivity contribution in [3.63, 3.8) is 0 Å². The van der Waals surface area contributed by atoms with Gasteiger partial charge in [-0.25, -0.2) is 9.97 Å². The van der Waals surface area contributed by atoms with Crippen molar-refractivity contribution in [3.05, 3.63) is 11.9 Å². The van der Waals surface area contributed by atoms with Gasteiger partial charge in [0.05, 0.1) is 6.54 Å². The minimum absolute atomic E-state index is 0.0421. The quantitative estimate of drug-likeness (QED) is 0.846. The van der Waals surface area contributed by atoms with Gasteiger partial charge < -0.3 is 16.0 Å². The predicted octanol–water partition coefficient (Wildman–Crippen LogP) is 0.929. The van der Waals surface area contributed by atoms with E-state index in [9.17, 15) is 4.79 Å². The van der Waals surface area contributed by atoms with E-state index < -0.39 is 0 Å². The minimum atomic E-state index is -0.184. The molecule has 106 valence electrons. The molecule has 19 heavy (non-hydrogen) atoms. The molecule has 0 aliphatic heterocycles. The summed E-state index contributed by atoms with van der Waals surface area (Å²) in [6, 6.07) is 1.68. The average Bonchev–Trinajstić information content (AvgIpc) is 2.27. The van der Waals surface area contributed by atoms with Crippen molar-refractivity contribution in [1.29, 1.82) is 0 Å². The van der Waals surface area contributed by atoms with E-state index in [1.807, 2.05) is 34.7 Å². The van der Waals surface area contributed by atoms with E-state index in [1.165, 1.54) is 0 Å². The summed E-state index contributed by atoms with van der Waals surface area (Å²) in [7, 11) is 1.81. The molecule has 6 nitrogen and oxygen atoms in total. The van der Waals surface area contributed by atoms with Crippen LogP contribution < -0.4 is 16.0 Å². The van der Waals surface area contributed by atoms with Gasteiger partial charge in [-0.15, -0.1) is 0 Å². The number of hydrogen-bond donors (Lipinski definition) is 2. The second kappa shape index (κ2) is 5.86. The van der Waals surface area contributed by atoms with Crippen LogP contribution >= 0.6 is 0 Å². The summed E-state index contributed by atoms with van der Waals surface area (Å²) >= 11 is 0. The Kier molecular flexibility index (Phi) is 4.69. The topological polar surface area (TPSA) is 84.1 Å². The third-order valence-corrected chi connectivity index (χ3v) is 2.55. The number of anilines is 2. The second-order valence-corrected chi connectivity index (χ2v) is 5.53. The van der Waals surface area contributed by atoms with E-state index in [1.54, 1.807) is 11.0 Å². The van der Waals surface area contributed by atoms with Gasteiger partial charge in [0.2, 0.25) is 5.91 Å². The molecule has 1 rings (SSSR count). The molecule has 6 heteroatoms. The number of nitrogen functional groups attached to an aromatic ring is 1. The van der Waals surface area contributed by atoms with Crippen LogP contribution in [0.15, 0.2) is 6.07 Å². The highest BCUT2D eigenvalue weighted by Gasteiger charge is 2.20. The van der Waals surface area contributed by atoms with Crippen molar-refractivity contribution in [2.45, 2.75) is 33.1 Å². The lowest BCUT2D eigenvalue weighted by Crippen LogP contribution is -2.35. The zero-order chi connectivity index (χ0) is 14.6. The van der Waals surface area contributed by atoms with Crippen LogP contribution in [0.3, 0.4) is 0 Å². The largest absolute Gasteiger partial charge is 0.384 e. The molecule has 1 aromatic heterocycles. The van der Waals surface area contributed by atoms with E-state index in [2.05, 4.69) is 15.3 Å². The number of aromatic nitrogens is 2. The van der Waals surface area contributed by atoms with Crippen LogP contribution in [-0.4, -0.2) is 36.0 Å². The van der Waals surface area contributed by atoms with Gasteiger partial charge in [0, 0.05) is 25.1 Å². The second-order valence-electron chi connectivity index (χ2n) is 5.53. The fourth-order valence-corrected chi connectivity index (χ4v) is 1.53. The first-order valence-electron chi connectivity index (χ1n) is 6.37.